The third kappa shape index (κ3) is 1.43. The number of aromatic carboxylic acids is 1. The lowest BCUT2D eigenvalue weighted by Gasteiger charge is -2.18. The van der Waals surface area contributed by atoms with E-state index in [1.54, 1.807) is 4.57 Å². The van der Waals surface area contributed by atoms with Gasteiger partial charge in [-0.3, -0.25) is 4.57 Å². The SMILES string of the molecule is Cc1ccc2c(c1)CCc1nnc(C(=O)O)n1-2. The first kappa shape index (κ1) is 10.0. The van der Waals surface area contributed by atoms with Crippen molar-refractivity contribution in [1.82, 2.24) is 14.8 Å². The molecule has 1 aliphatic rings. The number of benzene rings is 1. The molecule has 1 aromatic carbocycles. The molecule has 2 heterocycles. The summed E-state index contributed by atoms with van der Waals surface area (Å²) in [6, 6.07) is 5.99. The van der Waals surface area contributed by atoms with Crippen molar-refractivity contribution in [2.75, 3.05) is 0 Å². The number of nitrogens with zero attached hydrogens (tertiary/aromatic N) is 3. The maximum Gasteiger partial charge on any atom is 0.374 e. The van der Waals surface area contributed by atoms with Crippen molar-refractivity contribution in [3.05, 3.63) is 41.0 Å². The van der Waals surface area contributed by atoms with E-state index < -0.39 is 5.97 Å². The molecule has 0 amide bonds. The molecule has 0 saturated heterocycles. The fourth-order valence-corrected chi connectivity index (χ4v) is 2.25. The Morgan fingerprint density at radius 3 is 2.94 bits per heavy atom. The number of fused-ring (bicyclic) bond motifs is 3. The Bertz CT molecular complexity index is 616. The normalized spacial score (nSPS) is 13.0. The van der Waals surface area contributed by atoms with Gasteiger partial charge in [-0.05, 0) is 25.0 Å². The molecule has 1 aromatic heterocycles. The Kier molecular flexibility index (Phi) is 2.01. The van der Waals surface area contributed by atoms with Crippen molar-refractivity contribution >= 4 is 5.97 Å². The molecule has 0 radical (unpaired) electrons. The summed E-state index contributed by atoms with van der Waals surface area (Å²) >= 11 is 0. The molecule has 0 atom stereocenters. The molecule has 0 saturated carbocycles. The van der Waals surface area contributed by atoms with Crippen molar-refractivity contribution in [2.24, 2.45) is 0 Å². The summed E-state index contributed by atoms with van der Waals surface area (Å²) in [7, 11) is 0. The number of hydrogen-bond donors (Lipinski definition) is 1. The zero-order valence-electron chi connectivity index (χ0n) is 9.34. The largest absolute Gasteiger partial charge is 0.475 e. The van der Waals surface area contributed by atoms with Crippen LogP contribution in [0.25, 0.3) is 5.69 Å². The highest BCUT2D eigenvalue weighted by Crippen LogP contribution is 2.25. The fourth-order valence-electron chi connectivity index (χ4n) is 2.25. The fraction of sp³-hybridized carbons (Fsp3) is 0.250. The van der Waals surface area contributed by atoms with Crippen LogP contribution >= 0.6 is 0 Å². The van der Waals surface area contributed by atoms with Crippen LogP contribution in [0, 0.1) is 6.92 Å². The molecule has 2 aromatic rings. The van der Waals surface area contributed by atoms with Crippen molar-refractivity contribution < 1.29 is 9.90 Å². The van der Waals surface area contributed by atoms with Gasteiger partial charge in [0.15, 0.2) is 0 Å². The minimum atomic E-state index is -1.04. The van der Waals surface area contributed by atoms with Gasteiger partial charge in [-0.1, -0.05) is 17.7 Å². The van der Waals surface area contributed by atoms with Crippen LogP contribution in [0.4, 0.5) is 0 Å². The Morgan fingerprint density at radius 1 is 1.35 bits per heavy atom. The van der Waals surface area contributed by atoms with E-state index in [4.69, 9.17) is 5.11 Å². The highest BCUT2D eigenvalue weighted by Gasteiger charge is 2.24. The van der Waals surface area contributed by atoms with Gasteiger partial charge in [0, 0.05) is 6.42 Å². The van der Waals surface area contributed by atoms with Crippen molar-refractivity contribution in [2.45, 2.75) is 19.8 Å². The second kappa shape index (κ2) is 3.41. The highest BCUT2D eigenvalue weighted by molar-refractivity contribution is 5.84. The summed E-state index contributed by atoms with van der Waals surface area (Å²) in [5.74, 6) is -0.333. The molecule has 0 aliphatic carbocycles. The quantitative estimate of drug-likeness (QED) is 0.802. The Balaban J connectivity index is 2.27. The van der Waals surface area contributed by atoms with E-state index >= 15 is 0 Å². The van der Waals surface area contributed by atoms with Crippen molar-refractivity contribution in [1.29, 1.82) is 0 Å². The summed E-state index contributed by atoms with van der Waals surface area (Å²) in [5, 5.41) is 16.7. The van der Waals surface area contributed by atoms with Gasteiger partial charge in [0.1, 0.15) is 5.82 Å². The van der Waals surface area contributed by atoms with Crippen LogP contribution in [0.5, 0.6) is 0 Å². The van der Waals surface area contributed by atoms with Crippen LogP contribution in [-0.2, 0) is 12.8 Å². The lowest BCUT2D eigenvalue weighted by molar-refractivity contribution is 0.0680. The van der Waals surface area contributed by atoms with Gasteiger partial charge in [-0.15, -0.1) is 10.2 Å². The Morgan fingerprint density at radius 2 is 2.18 bits per heavy atom. The zero-order chi connectivity index (χ0) is 12.0. The molecular weight excluding hydrogens is 218 g/mol. The minimum absolute atomic E-state index is 0.00944. The summed E-state index contributed by atoms with van der Waals surface area (Å²) in [6.45, 7) is 2.03. The maximum absolute atomic E-state index is 11.1. The molecule has 3 rings (SSSR count). The first-order valence-corrected chi connectivity index (χ1v) is 5.44. The number of aromatic nitrogens is 3. The Hall–Kier alpha value is -2.17. The van der Waals surface area contributed by atoms with Crippen LogP contribution in [0.2, 0.25) is 0 Å². The topological polar surface area (TPSA) is 68.0 Å². The van der Waals surface area contributed by atoms with E-state index in [1.807, 2.05) is 19.1 Å². The van der Waals surface area contributed by atoms with Gasteiger partial charge >= 0.3 is 5.97 Å². The van der Waals surface area contributed by atoms with Gasteiger partial charge in [0.2, 0.25) is 5.82 Å². The second-order valence-corrected chi connectivity index (χ2v) is 4.21. The number of aryl methyl sites for hydroxylation is 3. The van der Waals surface area contributed by atoms with Gasteiger partial charge in [-0.2, -0.15) is 0 Å². The van der Waals surface area contributed by atoms with Crippen LogP contribution in [0.1, 0.15) is 27.6 Å². The molecule has 5 heteroatoms. The average Bonchev–Trinajstić information content (AvgIpc) is 2.72. The predicted octanol–water partition coefficient (Wildman–Crippen LogP) is 1.37. The lowest BCUT2D eigenvalue weighted by atomic mass is 10.0. The molecule has 1 aliphatic heterocycles. The molecule has 5 nitrogen and oxygen atoms in total. The predicted molar refractivity (Wildman–Crippen MR) is 60.5 cm³/mol. The summed E-state index contributed by atoms with van der Waals surface area (Å²) in [6.07, 6.45) is 1.62. The van der Waals surface area contributed by atoms with Crippen LogP contribution < -0.4 is 0 Å². The van der Waals surface area contributed by atoms with E-state index in [9.17, 15) is 4.79 Å². The van der Waals surface area contributed by atoms with Crippen molar-refractivity contribution in [3.63, 3.8) is 0 Å². The molecule has 0 spiro atoms. The number of carboxylic acids is 1. The third-order valence-corrected chi connectivity index (χ3v) is 3.02. The standard InChI is InChI=1S/C12H11N3O2/c1-7-2-4-9-8(6-7)3-5-10-13-14-11(12(16)17)15(9)10/h2,4,6H,3,5H2,1H3,(H,16,17). The number of hydrogen-bond acceptors (Lipinski definition) is 3. The molecule has 0 bridgehead atoms. The van der Waals surface area contributed by atoms with Gasteiger partial charge in [-0.25, -0.2) is 4.79 Å². The van der Waals surface area contributed by atoms with Gasteiger partial charge in [0.05, 0.1) is 5.69 Å². The van der Waals surface area contributed by atoms with E-state index in [0.717, 1.165) is 29.9 Å². The van der Waals surface area contributed by atoms with E-state index in [2.05, 4.69) is 16.3 Å². The molecule has 0 unspecified atom stereocenters. The molecule has 86 valence electrons. The van der Waals surface area contributed by atoms with E-state index in [1.165, 1.54) is 5.56 Å². The van der Waals surface area contributed by atoms with E-state index in [0.29, 0.717) is 0 Å². The molecule has 17 heavy (non-hydrogen) atoms. The molecular formula is C12H11N3O2. The summed E-state index contributed by atoms with van der Waals surface area (Å²) in [4.78, 5) is 11.1. The van der Waals surface area contributed by atoms with E-state index in [-0.39, 0.29) is 5.82 Å². The van der Waals surface area contributed by atoms with Crippen LogP contribution in [0.15, 0.2) is 18.2 Å². The first-order valence-electron chi connectivity index (χ1n) is 5.44. The summed E-state index contributed by atoms with van der Waals surface area (Å²) < 4.78 is 1.64. The monoisotopic (exact) mass is 229 g/mol. The number of rotatable bonds is 1. The maximum atomic E-state index is 11.1. The first-order chi connectivity index (χ1) is 8.16. The zero-order valence-corrected chi connectivity index (χ0v) is 9.34. The molecule has 1 N–H and O–H groups in total. The summed E-state index contributed by atoms with van der Waals surface area (Å²) in [5.41, 5.74) is 3.22. The third-order valence-electron chi connectivity index (χ3n) is 3.02. The van der Waals surface area contributed by atoms with Gasteiger partial charge < -0.3 is 5.11 Å². The number of carboxylic acid groups (broad SMARTS) is 1. The lowest BCUT2D eigenvalue weighted by Crippen LogP contribution is -2.17. The van der Waals surface area contributed by atoms with Gasteiger partial charge in [0.25, 0.3) is 0 Å². The Labute approximate surface area is 97.7 Å². The minimum Gasteiger partial charge on any atom is -0.475 e. The average molecular weight is 229 g/mol. The van der Waals surface area contributed by atoms with Crippen LogP contribution in [0.3, 0.4) is 0 Å². The number of carbonyl (C=O) groups is 1. The van der Waals surface area contributed by atoms with Crippen molar-refractivity contribution in [3.8, 4) is 5.69 Å². The smallest absolute Gasteiger partial charge is 0.374 e. The second-order valence-electron chi connectivity index (χ2n) is 4.21. The molecule has 0 fully saturated rings. The highest BCUT2D eigenvalue weighted by atomic mass is 16.4. The van der Waals surface area contributed by atoms with Crippen LogP contribution in [-0.4, -0.2) is 25.8 Å².